The molecule has 4 rings (SSSR count). The molecule has 0 bridgehead atoms. The average Bonchev–Trinajstić information content (AvgIpc) is 3.71. The van der Waals surface area contributed by atoms with E-state index in [0.29, 0.717) is 18.8 Å². The van der Waals surface area contributed by atoms with Crippen LogP contribution in [0.1, 0.15) is 37.3 Å². The number of epoxide rings is 1. The first-order chi connectivity index (χ1) is 18.8. The van der Waals surface area contributed by atoms with Crippen LogP contribution in [0.15, 0.2) is 54.6 Å². The summed E-state index contributed by atoms with van der Waals surface area (Å²) in [6.45, 7) is 2.86. The standard InChI is InChI=1S/C30H39N3O6/c1-30(20-39-30)28(36)25(16-21-8-4-3-5-9-21)32-29(37)26(17-22-11-13-24(38-2)14-12-22)31-27(35)18-33-15-7-6-10-23(33)19-34/h3-5,8-9,11-14,23,25-26,34H,6-7,10,15-20H2,1-2H3,(H,31,35)(H,32,37)/t23-,25+,26+,30-/m1/s1. The molecule has 0 aliphatic carbocycles. The highest BCUT2D eigenvalue weighted by Gasteiger charge is 2.50. The zero-order chi connectivity index (χ0) is 27.8. The summed E-state index contributed by atoms with van der Waals surface area (Å²) in [5.41, 5.74) is 0.844. The minimum absolute atomic E-state index is 0.00679. The summed E-state index contributed by atoms with van der Waals surface area (Å²) >= 11 is 0. The molecule has 2 aliphatic rings. The lowest BCUT2D eigenvalue weighted by atomic mass is 9.94. The molecule has 9 nitrogen and oxygen atoms in total. The van der Waals surface area contributed by atoms with Gasteiger partial charge in [0, 0.05) is 12.5 Å². The lowest BCUT2D eigenvalue weighted by molar-refractivity contribution is -0.133. The SMILES string of the molecule is COc1ccc(C[C@H](NC(=O)CN2CCCC[C@@H]2CO)C(=O)N[C@@H](Cc2ccccc2)C(=O)[C@@]2(C)CO2)cc1. The molecule has 2 fully saturated rings. The highest BCUT2D eigenvalue weighted by molar-refractivity contribution is 5.98. The van der Waals surface area contributed by atoms with E-state index in [0.717, 1.165) is 36.9 Å². The van der Waals surface area contributed by atoms with Gasteiger partial charge >= 0.3 is 0 Å². The number of carbonyl (C=O) groups excluding carboxylic acids is 3. The first-order valence-electron chi connectivity index (χ1n) is 13.6. The Labute approximate surface area is 229 Å². The molecule has 39 heavy (non-hydrogen) atoms. The number of hydrogen-bond donors (Lipinski definition) is 3. The number of rotatable bonds is 13. The minimum atomic E-state index is -0.908. The van der Waals surface area contributed by atoms with Gasteiger partial charge in [0.1, 0.15) is 17.4 Å². The molecule has 2 aliphatic heterocycles. The summed E-state index contributed by atoms with van der Waals surface area (Å²) in [6.07, 6.45) is 3.38. The van der Waals surface area contributed by atoms with Crippen molar-refractivity contribution in [2.45, 2.75) is 62.8 Å². The second-order valence-electron chi connectivity index (χ2n) is 10.6. The summed E-state index contributed by atoms with van der Waals surface area (Å²) in [5, 5.41) is 15.6. The Bertz CT molecular complexity index is 1120. The molecule has 2 amide bonds. The van der Waals surface area contributed by atoms with Crippen molar-refractivity contribution < 1.29 is 29.0 Å². The third-order valence-electron chi connectivity index (χ3n) is 7.57. The normalized spacial score (nSPS) is 22.4. The monoisotopic (exact) mass is 537 g/mol. The van der Waals surface area contributed by atoms with Gasteiger partial charge in [-0.1, -0.05) is 48.9 Å². The Balaban J connectivity index is 1.50. The molecular weight excluding hydrogens is 498 g/mol. The van der Waals surface area contributed by atoms with Gasteiger partial charge in [0.25, 0.3) is 0 Å². The van der Waals surface area contributed by atoms with E-state index in [9.17, 15) is 19.5 Å². The molecule has 0 spiro atoms. The predicted octanol–water partition coefficient (Wildman–Crippen LogP) is 1.65. The van der Waals surface area contributed by atoms with Gasteiger partial charge in [-0.2, -0.15) is 0 Å². The summed E-state index contributed by atoms with van der Waals surface area (Å²) in [4.78, 5) is 42.1. The number of benzene rings is 2. The molecule has 2 saturated heterocycles. The number of ether oxygens (including phenoxy) is 2. The smallest absolute Gasteiger partial charge is 0.243 e. The van der Waals surface area contributed by atoms with E-state index in [-0.39, 0.29) is 37.3 Å². The van der Waals surface area contributed by atoms with Crippen LogP contribution in [-0.4, -0.2) is 84.7 Å². The maximum atomic E-state index is 13.7. The van der Waals surface area contributed by atoms with Crippen LogP contribution in [0.5, 0.6) is 5.75 Å². The number of methoxy groups -OCH3 is 1. The van der Waals surface area contributed by atoms with E-state index in [1.807, 2.05) is 47.4 Å². The third kappa shape index (κ3) is 7.88. The molecule has 0 unspecified atom stereocenters. The summed E-state index contributed by atoms with van der Waals surface area (Å²) in [5.74, 6) is -0.231. The third-order valence-corrected chi connectivity index (χ3v) is 7.57. The van der Waals surface area contributed by atoms with Crippen molar-refractivity contribution in [3.05, 3.63) is 65.7 Å². The van der Waals surface area contributed by atoms with E-state index in [2.05, 4.69) is 10.6 Å². The fraction of sp³-hybridized carbons (Fsp3) is 0.500. The fourth-order valence-corrected chi connectivity index (χ4v) is 5.06. The van der Waals surface area contributed by atoms with Crippen LogP contribution >= 0.6 is 0 Å². The number of hydrogen-bond acceptors (Lipinski definition) is 7. The molecular formula is C30H39N3O6. The number of carbonyl (C=O) groups is 3. The lowest BCUT2D eigenvalue weighted by Gasteiger charge is -2.34. The van der Waals surface area contributed by atoms with Crippen molar-refractivity contribution in [3.63, 3.8) is 0 Å². The van der Waals surface area contributed by atoms with Crippen LogP contribution in [0.3, 0.4) is 0 Å². The number of ketones is 1. The largest absolute Gasteiger partial charge is 0.497 e. The van der Waals surface area contributed by atoms with Crippen LogP contribution in [0.25, 0.3) is 0 Å². The molecule has 0 saturated carbocycles. The van der Waals surface area contributed by atoms with Crippen molar-refractivity contribution in [1.29, 1.82) is 0 Å². The molecule has 4 atom stereocenters. The average molecular weight is 538 g/mol. The molecule has 210 valence electrons. The van der Waals surface area contributed by atoms with Crippen LogP contribution in [-0.2, 0) is 32.0 Å². The van der Waals surface area contributed by atoms with E-state index in [1.54, 1.807) is 26.2 Å². The minimum Gasteiger partial charge on any atom is -0.497 e. The number of aliphatic hydroxyl groups excluding tert-OH is 1. The van der Waals surface area contributed by atoms with Crippen LogP contribution in [0.2, 0.25) is 0 Å². The number of nitrogens with zero attached hydrogens (tertiary/aromatic N) is 1. The summed E-state index contributed by atoms with van der Waals surface area (Å²) < 4.78 is 10.6. The van der Waals surface area contributed by atoms with Crippen LogP contribution in [0.4, 0.5) is 0 Å². The van der Waals surface area contributed by atoms with Gasteiger partial charge in [0.15, 0.2) is 5.78 Å². The number of piperidine rings is 1. The van der Waals surface area contributed by atoms with Gasteiger partial charge < -0.3 is 25.2 Å². The molecule has 2 aromatic carbocycles. The number of Topliss-reactive ketones (excluding diaryl/α,β-unsaturated/α-hetero) is 1. The van der Waals surface area contributed by atoms with Crippen LogP contribution < -0.4 is 15.4 Å². The molecule has 2 heterocycles. The number of likely N-dealkylation sites (tertiary alicyclic amines) is 1. The first kappa shape index (κ1) is 28.7. The Morgan fingerprint density at radius 1 is 1.03 bits per heavy atom. The van der Waals surface area contributed by atoms with Gasteiger partial charge in [-0.25, -0.2) is 0 Å². The van der Waals surface area contributed by atoms with Gasteiger partial charge in [-0.15, -0.1) is 0 Å². The van der Waals surface area contributed by atoms with Gasteiger partial charge in [-0.05, 0) is 56.0 Å². The zero-order valence-electron chi connectivity index (χ0n) is 22.7. The van der Waals surface area contributed by atoms with Gasteiger partial charge in [-0.3, -0.25) is 19.3 Å². The Morgan fingerprint density at radius 2 is 1.69 bits per heavy atom. The molecule has 9 heteroatoms. The topological polar surface area (TPSA) is 120 Å². The maximum Gasteiger partial charge on any atom is 0.243 e. The number of nitrogens with one attached hydrogen (secondary N) is 2. The lowest BCUT2D eigenvalue weighted by Crippen LogP contribution is -2.56. The van der Waals surface area contributed by atoms with Crippen molar-refractivity contribution in [2.24, 2.45) is 0 Å². The van der Waals surface area contributed by atoms with Crippen LogP contribution in [0, 0.1) is 0 Å². The van der Waals surface area contributed by atoms with Gasteiger partial charge in [0.2, 0.25) is 11.8 Å². The Kier molecular flexibility index (Phi) is 9.72. The van der Waals surface area contributed by atoms with Crippen molar-refractivity contribution >= 4 is 17.6 Å². The molecule has 0 radical (unpaired) electrons. The van der Waals surface area contributed by atoms with E-state index in [4.69, 9.17) is 9.47 Å². The molecule has 0 aromatic heterocycles. The highest BCUT2D eigenvalue weighted by atomic mass is 16.6. The van der Waals surface area contributed by atoms with Crippen molar-refractivity contribution in [2.75, 3.05) is 33.4 Å². The number of amides is 2. The summed E-state index contributed by atoms with van der Waals surface area (Å²) in [6, 6.07) is 15.0. The second kappa shape index (κ2) is 13.2. The Hall–Kier alpha value is -3.27. The quantitative estimate of drug-likeness (QED) is 0.332. The second-order valence-corrected chi connectivity index (χ2v) is 10.6. The van der Waals surface area contributed by atoms with E-state index < -0.39 is 23.6 Å². The first-order valence-corrected chi connectivity index (χ1v) is 13.6. The van der Waals surface area contributed by atoms with E-state index in [1.165, 1.54) is 0 Å². The van der Waals surface area contributed by atoms with Gasteiger partial charge in [0.05, 0.1) is 32.9 Å². The zero-order valence-corrected chi connectivity index (χ0v) is 22.7. The number of aliphatic hydroxyl groups is 1. The predicted molar refractivity (Wildman–Crippen MR) is 146 cm³/mol. The molecule has 3 N–H and O–H groups in total. The van der Waals surface area contributed by atoms with Crippen molar-refractivity contribution in [3.8, 4) is 5.75 Å². The maximum absolute atomic E-state index is 13.7. The fourth-order valence-electron chi connectivity index (χ4n) is 5.06. The van der Waals surface area contributed by atoms with E-state index >= 15 is 0 Å². The van der Waals surface area contributed by atoms with Crippen molar-refractivity contribution in [1.82, 2.24) is 15.5 Å². The highest BCUT2D eigenvalue weighted by Crippen LogP contribution is 2.29. The Morgan fingerprint density at radius 3 is 2.33 bits per heavy atom. The molecule has 2 aromatic rings. The summed E-state index contributed by atoms with van der Waals surface area (Å²) in [7, 11) is 1.58.